The molecule has 2 aromatic carbocycles. The predicted octanol–water partition coefficient (Wildman–Crippen LogP) is 4.69. The van der Waals surface area contributed by atoms with Gasteiger partial charge in [0, 0.05) is 5.69 Å². The number of thioether (sulfide) groups is 1. The lowest BCUT2D eigenvalue weighted by molar-refractivity contribution is -0.115. The minimum atomic E-state index is -0.383. The van der Waals surface area contributed by atoms with E-state index in [4.69, 9.17) is 9.15 Å². The molecule has 0 spiro atoms. The van der Waals surface area contributed by atoms with Crippen LogP contribution in [0.25, 0.3) is 0 Å². The Kier molecular flexibility index (Phi) is 6.36. The van der Waals surface area contributed by atoms with Crippen LogP contribution in [0.3, 0.4) is 0 Å². The van der Waals surface area contributed by atoms with Gasteiger partial charge >= 0.3 is 0 Å². The van der Waals surface area contributed by atoms with E-state index in [9.17, 15) is 4.79 Å². The summed E-state index contributed by atoms with van der Waals surface area (Å²) in [4.78, 5) is 12.5. The first-order chi connectivity index (χ1) is 13.4. The van der Waals surface area contributed by atoms with E-state index in [0.717, 1.165) is 28.1 Å². The van der Waals surface area contributed by atoms with Crippen LogP contribution < -0.4 is 10.1 Å². The maximum absolute atomic E-state index is 12.5. The number of nitrogens with zero attached hydrogens (tertiary/aromatic N) is 2. The van der Waals surface area contributed by atoms with Gasteiger partial charge in [-0.05, 0) is 57.0 Å². The van der Waals surface area contributed by atoms with Crippen LogP contribution in [0.1, 0.15) is 29.5 Å². The van der Waals surface area contributed by atoms with Gasteiger partial charge in [0.15, 0.2) is 6.61 Å². The highest BCUT2D eigenvalue weighted by Crippen LogP contribution is 2.24. The van der Waals surface area contributed by atoms with E-state index in [1.807, 2.05) is 63.2 Å². The third-order valence-corrected chi connectivity index (χ3v) is 5.02. The monoisotopic (exact) mass is 397 g/mol. The summed E-state index contributed by atoms with van der Waals surface area (Å²) in [6, 6.07) is 13.6. The van der Waals surface area contributed by atoms with E-state index in [1.54, 1.807) is 6.92 Å². The molecular formula is C21H23N3O3S. The zero-order valence-corrected chi connectivity index (χ0v) is 17.2. The number of rotatable bonds is 7. The maximum atomic E-state index is 12.5. The van der Waals surface area contributed by atoms with E-state index in [1.165, 1.54) is 11.8 Å². The molecule has 3 rings (SSSR count). The van der Waals surface area contributed by atoms with Crippen LogP contribution in [0.2, 0.25) is 0 Å². The molecular weight excluding hydrogens is 374 g/mol. The van der Waals surface area contributed by atoms with Crippen LogP contribution in [0.15, 0.2) is 52.1 Å². The molecule has 0 fully saturated rings. The number of carbonyl (C=O) groups is 1. The highest BCUT2D eigenvalue weighted by Gasteiger charge is 2.19. The molecule has 1 unspecified atom stereocenters. The van der Waals surface area contributed by atoms with Crippen molar-refractivity contribution in [3.8, 4) is 5.75 Å². The fraction of sp³-hybridized carbons (Fsp3) is 0.286. The second-order valence-corrected chi connectivity index (χ2v) is 7.93. The zero-order chi connectivity index (χ0) is 20.1. The van der Waals surface area contributed by atoms with E-state index in [0.29, 0.717) is 11.1 Å². The molecule has 1 heterocycles. The average Bonchev–Trinajstić information content (AvgIpc) is 3.09. The maximum Gasteiger partial charge on any atom is 0.277 e. The van der Waals surface area contributed by atoms with Crippen molar-refractivity contribution in [3.63, 3.8) is 0 Å². The summed E-state index contributed by atoms with van der Waals surface area (Å²) in [6.07, 6.45) is 0. The van der Waals surface area contributed by atoms with Gasteiger partial charge in [0.2, 0.25) is 5.91 Å². The molecule has 0 aliphatic heterocycles. The molecule has 0 saturated carbocycles. The third kappa shape index (κ3) is 5.36. The molecule has 28 heavy (non-hydrogen) atoms. The predicted molar refractivity (Wildman–Crippen MR) is 110 cm³/mol. The van der Waals surface area contributed by atoms with Gasteiger partial charge in [-0.25, -0.2) is 0 Å². The summed E-state index contributed by atoms with van der Waals surface area (Å²) in [7, 11) is 0. The number of hydrogen-bond donors (Lipinski definition) is 1. The number of hydrogen-bond acceptors (Lipinski definition) is 6. The topological polar surface area (TPSA) is 77.2 Å². The van der Waals surface area contributed by atoms with Gasteiger partial charge in [-0.1, -0.05) is 41.6 Å². The Morgan fingerprint density at radius 3 is 2.68 bits per heavy atom. The molecule has 6 nitrogen and oxygen atoms in total. The van der Waals surface area contributed by atoms with Crippen molar-refractivity contribution in [2.45, 2.75) is 44.8 Å². The summed E-state index contributed by atoms with van der Waals surface area (Å²) >= 11 is 1.22. The Labute approximate surface area is 168 Å². The standard InChI is InChI=1S/C21H23N3O3S/c1-13-6-5-7-17(11-13)26-12-19-23-24-21(27-19)28-16(4)20(25)22-18-9-8-14(2)10-15(18)3/h5-11,16H,12H2,1-4H3,(H,22,25). The van der Waals surface area contributed by atoms with Gasteiger partial charge in [0.1, 0.15) is 5.75 Å². The Hall–Kier alpha value is -2.80. The van der Waals surface area contributed by atoms with Crippen molar-refractivity contribution < 1.29 is 13.9 Å². The van der Waals surface area contributed by atoms with Crippen molar-refractivity contribution in [1.29, 1.82) is 0 Å². The normalized spacial score (nSPS) is 11.9. The van der Waals surface area contributed by atoms with Crippen LogP contribution in [0.4, 0.5) is 5.69 Å². The summed E-state index contributed by atoms with van der Waals surface area (Å²) in [6.45, 7) is 7.97. The van der Waals surface area contributed by atoms with Crippen molar-refractivity contribution in [3.05, 3.63) is 65.0 Å². The lowest BCUT2D eigenvalue weighted by Gasteiger charge is -2.12. The highest BCUT2D eigenvalue weighted by molar-refractivity contribution is 8.00. The molecule has 1 atom stereocenters. The number of aromatic nitrogens is 2. The molecule has 0 saturated heterocycles. The summed E-state index contributed by atoms with van der Waals surface area (Å²) in [5.74, 6) is 0.993. The molecule has 0 bridgehead atoms. The van der Waals surface area contributed by atoms with Crippen LogP contribution in [-0.4, -0.2) is 21.4 Å². The Balaban J connectivity index is 1.54. The van der Waals surface area contributed by atoms with Crippen molar-refractivity contribution in [1.82, 2.24) is 10.2 Å². The summed E-state index contributed by atoms with van der Waals surface area (Å²) < 4.78 is 11.2. The first-order valence-electron chi connectivity index (χ1n) is 8.97. The van der Waals surface area contributed by atoms with E-state index in [-0.39, 0.29) is 17.8 Å². The average molecular weight is 398 g/mol. The quantitative estimate of drug-likeness (QED) is 0.583. The van der Waals surface area contributed by atoms with E-state index >= 15 is 0 Å². The number of nitrogens with one attached hydrogen (secondary N) is 1. The van der Waals surface area contributed by atoms with Crippen LogP contribution in [-0.2, 0) is 11.4 Å². The minimum absolute atomic E-state index is 0.118. The number of amides is 1. The second kappa shape index (κ2) is 8.93. The van der Waals surface area contributed by atoms with Gasteiger partial charge in [-0.3, -0.25) is 4.79 Å². The fourth-order valence-electron chi connectivity index (χ4n) is 2.59. The Morgan fingerprint density at radius 1 is 1.14 bits per heavy atom. The first kappa shape index (κ1) is 19.9. The molecule has 146 valence electrons. The minimum Gasteiger partial charge on any atom is -0.484 e. The highest BCUT2D eigenvalue weighted by atomic mass is 32.2. The summed E-state index contributed by atoms with van der Waals surface area (Å²) in [5, 5.41) is 10.9. The van der Waals surface area contributed by atoms with Crippen molar-refractivity contribution in [2.75, 3.05) is 5.32 Å². The molecule has 1 N–H and O–H groups in total. The van der Waals surface area contributed by atoms with Gasteiger partial charge in [0.25, 0.3) is 11.1 Å². The van der Waals surface area contributed by atoms with Crippen LogP contribution in [0.5, 0.6) is 5.75 Å². The van der Waals surface area contributed by atoms with Gasteiger partial charge < -0.3 is 14.5 Å². The molecule has 3 aromatic rings. The van der Waals surface area contributed by atoms with E-state index < -0.39 is 0 Å². The molecule has 0 aliphatic rings. The zero-order valence-electron chi connectivity index (χ0n) is 16.4. The molecule has 1 amide bonds. The summed E-state index contributed by atoms with van der Waals surface area (Å²) in [5.41, 5.74) is 4.10. The second-order valence-electron chi connectivity index (χ2n) is 6.63. The van der Waals surface area contributed by atoms with E-state index in [2.05, 4.69) is 15.5 Å². The van der Waals surface area contributed by atoms with Gasteiger partial charge in [-0.2, -0.15) is 0 Å². The van der Waals surface area contributed by atoms with Gasteiger partial charge in [-0.15, -0.1) is 10.2 Å². The smallest absolute Gasteiger partial charge is 0.277 e. The molecule has 0 aliphatic carbocycles. The van der Waals surface area contributed by atoms with Crippen molar-refractivity contribution in [2.24, 2.45) is 0 Å². The lowest BCUT2D eigenvalue weighted by atomic mass is 10.1. The number of benzene rings is 2. The SMILES string of the molecule is Cc1cccc(OCc2nnc(SC(C)C(=O)Nc3ccc(C)cc3C)o2)c1. The van der Waals surface area contributed by atoms with Crippen LogP contribution >= 0.6 is 11.8 Å². The first-order valence-corrected chi connectivity index (χ1v) is 9.85. The number of aryl methyl sites for hydroxylation is 3. The Bertz CT molecular complexity index is 971. The van der Waals surface area contributed by atoms with Crippen LogP contribution in [0, 0.1) is 20.8 Å². The third-order valence-electron chi connectivity index (χ3n) is 4.09. The molecule has 7 heteroatoms. The number of ether oxygens (including phenoxy) is 1. The Morgan fingerprint density at radius 2 is 1.93 bits per heavy atom. The molecule has 0 radical (unpaired) electrons. The lowest BCUT2D eigenvalue weighted by Crippen LogP contribution is -2.22. The van der Waals surface area contributed by atoms with Crippen molar-refractivity contribution >= 4 is 23.4 Å². The van der Waals surface area contributed by atoms with Gasteiger partial charge in [0.05, 0.1) is 5.25 Å². The fourth-order valence-corrected chi connectivity index (χ4v) is 3.29. The largest absolute Gasteiger partial charge is 0.484 e. The molecule has 1 aromatic heterocycles. The number of carbonyl (C=O) groups excluding carboxylic acids is 1. The number of anilines is 1.